The molecule has 0 saturated carbocycles. The van der Waals surface area contributed by atoms with Crippen molar-refractivity contribution in [3.8, 4) is 0 Å². The summed E-state index contributed by atoms with van der Waals surface area (Å²) in [5.74, 6) is 0. The Hall–Kier alpha value is -2.16. The highest BCUT2D eigenvalue weighted by atomic mass is 32.2. The lowest BCUT2D eigenvalue weighted by Gasteiger charge is -1.99. The second-order valence-corrected chi connectivity index (χ2v) is 8.32. The summed E-state index contributed by atoms with van der Waals surface area (Å²) < 4.78 is 0.940. The quantitative estimate of drug-likeness (QED) is 0.261. The summed E-state index contributed by atoms with van der Waals surface area (Å²) in [5.41, 5.74) is 0. The lowest BCUT2D eigenvalue weighted by molar-refractivity contribution is -0.380. The molecule has 0 aliphatic heterocycles. The molecular formula is C10H4N6O4S4. The third kappa shape index (κ3) is 4.02. The van der Waals surface area contributed by atoms with Gasteiger partial charge in [0.2, 0.25) is 0 Å². The minimum atomic E-state index is -0.510. The molecule has 10 nitrogen and oxygen atoms in total. The third-order valence-electron chi connectivity index (χ3n) is 2.28. The van der Waals surface area contributed by atoms with Gasteiger partial charge in [-0.2, -0.15) is 0 Å². The first-order valence-electron chi connectivity index (χ1n) is 5.90. The van der Waals surface area contributed by atoms with Crippen LogP contribution < -0.4 is 0 Å². The van der Waals surface area contributed by atoms with Crippen molar-refractivity contribution >= 4 is 56.2 Å². The van der Waals surface area contributed by atoms with Crippen molar-refractivity contribution in [1.29, 1.82) is 0 Å². The zero-order valence-electron chi connectivity index (χ0n) is 11.3. The van der Waals surface area contributed by atoms with Crippen molar-refractivity contribution < 1.29 is 9.85 Å². The lowest BCUT2D eigenvalue weighted by Crippen LogP contribution is -1.87. The Kier molecular flexibility index (Phi) is 4.98. The van der Waals surface area contributed by atoms with Crippen molar-refractivity contribution in [2.24, 2.45) is 0 Å². The number of aromatic nitrogens is 4. The van der Waals surface area contributed by atoms with Gasteiger partial charge in [-0.15, -0.1) is 0 Å². The van der Waals surface area contributed by atoms with Crippen LogP contribution in [0, 0.1) is 20.2 Å². The Morgan fingerprint density at radius 3 is 2.04 bits per heavy atom. The SMILES string of the molecule is O=[N+]([O-])c1cnc(Sc2ccnc(Sc3ncc([N+](=O)[O-])s3)n2)s1. The molecule has 0 fully saturated rings. The molecule has 0 aliphatic carbocycles. The van der Waals surface area contributed by atoms with E-state index in [0.29, 0.717) is 18.9 Å². The Labute approximate surface area is 149 Å². The topological polar surface area (TPSA) is 138 Å². The van der Waals surface area contributed by atoms with E-state index in [1.807, 2.05) is 0 Å². The molecule has 122 valence electrons. The predicted octanol–water partition coefficient (Wildman–Crippen LogP) is 3.51. The Bertz CT molecular complexity index is 843. The molecule has 0 aliphatic rings. The molecule has 0 unspecified atom stereocenters. The number of nitrogens with zero attached hydrogens (tertiary/aromatic N) is 6. The molecule has 0 N–H and O–H groups in total. The normalized spacial score (nSPS) is 10.7. The highest BCUT2D eigenvalue weighted by Crippen LogP contribution is 2.35. The number of hydrogen-bond acceptors (Lipinski definition) is 12. The maximum atomic E-state index is 10.7. The van der Waals surface area contributed by atoms with Gasteiger partial charge in [0.05, 0.1) is 9.85 Å². The molecule has 3 heterocycles. The highest BCUT2D eigenvalue weighted by Gasteiger charge is 2.15. The highest BCUT2D eigenvalue weighted by molar-refractivity contribution is 8.01. The van der Waals surface area contributed by atoms with Crippen LogP contribution in [0.15, 0.2) is 43.5 Å². The number of hydrogen-bond donors (Lipinski definition) is 0. The fraction of sp³-hybridized carbons (Fsp3) is 0. The molecule has 0 spiro atoms. The summed E-state index contributed by atoms with van der Waals surface area (Å²) in [5, 5.41) is 22.1. The van der Waals surface area contributed by atoms with Gasteiger partial charge in [-0.25, -0.2) is 19.9 Å². The minimum absolute atomic E-state index is 0.0451. The number of rotatable bonds is 6. The number of thiazole rings is 2. The molecule has 0 aromatic carbocycles. The van der Waals surface area contributed by atoms with Crippen molar-refractivity contribution in [2.75, 3.05) is 0 Å². The van der Waals surface area contributed by atoms with Gasteiger partial charge in [-0.1, -0.05) is 0 Å². The van der Waals surface area contributed by atoms with Crippen LogP contribution in [-0.2, 0) is 0 Å². The Balaban J connectivity index is 1.73. The minimum Gasteiger partial charge on any atom is -0.257 e. The molecule has 14 heteroatoms. The van der Waals surface area contributed by atoms with Gasteiger partial charge >= 0.3 is 10.0 Å². The molecule has 0 bridgehead atoms. The maximum absolute atomic E-state index is 10.7. The average molecular weight is 400 g/mol. The molecule has 24 heavy (non-hydrogen) atoms. The van der Waals surface area contributed by atoms with Gasteiger partial charge in [0.1, 0.15) is 17.4 Å². The summed E-state index contributed by atoms with van der Waals surface area (Å²) in [6.07, 6.45) is 3.90. The molecular weight excluding hydrogens is 396 g/mol. The fourth-order valence-corrected chi connectivity index (χ4v) is 4.74. The lowest BCUT2D eigenvalue weighted by atomic mass is 10.7. The van der Waals surface area contributed by atoms with Gasteiger partial charge in [-0.05, 0) is 52.3 Å². The first-order chi connectivity index (χ1) is 11.5. The van der Waals surface area contributed by atoms with Gasteiger partial charge in [-0.3, -0.25) is 20.2 Å². The molecule has 3 aromatic heterocycles. The monoisotopic (exact) mass is 400 g/mol. The zero-order chi connectivity index (χ0) is 17.1. The zero-order valence-corrected chi connectivity index (χ0v) is 14.5. The van der Waals surface area contributed by atoms with E-state index in [9.17, 15) is 20.2 Å². The predicted molar refractivity (Wildman–Crippen MR) is 87.8 cm³/mol. The van der Waals surface area contributed by atoms with Crippen LogP contribution in [0.5, 0.6) is 0 Å². The third-order valence-corrected chi connectivity index (χ3v) is 6.15. The molecule has 3 aromatic rings. The van der Waals surface area contributed by atoms with Gasteiger partial charge in [0, 0.05) is 6.20 Å². The van der Waals surface area contributed by atoms with Crippen molar-refractivity contribution in [3.63, 3.8) is 0 Å². The van der Waals surface area contributed by atoms with Crippen molar-refractivity contribution in [1.82, 2.24) is 19.9 Å². The van der Waals surface area contributed by atoms with Crippen LogP contribution in [0.4, 0.5) is 10.0 Å². The van der Waals surface area contributed by atoms with E-state index in [4.69, 9.17) is 0 Å². The van der Waals surface area contributed by atoms with E-state index in [2.05, 4.69) is 19.9 Å². The summed E-state index contributed by atoms with van der Waals surface area (Å²) in [7, 11) is 0. The van der Waals surface area contributed by atoms with E-state index in [1.165, 1.54) is 30.4 Å². The second kappa shape index (κ2) is 7.16. The van der Waals surface area contributed by atoms with Crippen LogP contribution in [-0.4, -0.2) is 29.8 Å². The molecule has 0 atom stereocenters. The van der Waals surface area contributed by atoms with Crippen LogP contribution >= 0.6 is 46.2 Å². The summed E-state index contributed by atoms with van der Waals surface area (Å²) >= 11 is 4.16. The standard InChI is InChI=1S/C10H4N6O4S4/c17-15(18)6-3-12-9(22-6)21-5-1-2-11-8(14-5)24-10-13-4-7(23-10)16(19)20/h1-4H. The largest absolute Gasteiger partial charge is 0.344 e. The van der Waals surface area contributed by atoms with Crippen molar-refractivity contribution in [3.05, 3.63) is 44.9 Å². The van der Waals surface area contributed by atoms with Crippen LogP contribution in [0.2, 0.25) is 0 Å². The van der Waals surface area contributed by atoms with E-state index in [-0.39, 0.29) is 10.0 Å². The van der Waals surface area contributed by atoms with E-state index >= 15 is 0 Å². The average Bonchev–Trinajstić information content (AvgIpc) is 3.17. The van der Waals surface area contributed by atoms with Crippen LogP contribution in [0.25, 0.3) is 0 Å². The maximum Gasteiger partial charge on any atom is 0.344 e. The first-order valence-corrected chi connectivity index (χ1v) is 9.17. The molecule has 0 amide bonds. The fourth-order valence-electron chi connectivity index (χ4n) is 1.36. The van der Waals surface area contributed by atoms with Gasteiger partial charge in [0.15, 0.2) is 13.8 Å². The van der Waals surface area contributed by atoms with Gasteiger partial charge < -0.3 is 0 Å². The summed E-state index contributed by atoms with van der Waals surface area (Å²) in [6, 6.07) is 1.65. The second-order valence-electron chi connectivity index (χ2n) is 3.82. The van der Waals surface area contributed by atoms with Crippen LogP contribution in [0.3, 0.4) is 0 Å². The summed E-state index contributed by atoms with van der Waals surface area (Å²) in [4.78, 5) is 36.5. The van der Waals surface area contributed by atoms with E-state index in [1.54, 1.807) is 6.07 Å². The van der Waals surface area contributed by atoms with Crippen molar-refractivity contribution in [2.45, 2.75) is 18.9 Å². The Morgan fingerprint density at radius 2 is 1.50 bits per heavy atom. The summed E-state index contributed by atoms with van der Waals surface area (Å²) in [6.45, 7) is 0. The van der Waals surface area contributed by atoms with Crippen LogP contribution in [0.1, 0.15) is 0 Å². The van der Waals surface area contributed by atoms with Gasteiger partial charge in [0.25, 0.3) is 0 Å². The smallest absolute Gasteiger partial charge is 0.257 e. The first kappa shape index (κ1) is 16.7. The molecule has 0 radical (unpaired) electrons. The van der Waals surface area contributed by atoms with E-state index < -0.39 is 9.85 Å². The Morgan fingerprint density at radius 1 is 0.917 bits per heavy atom. The molecule has 0 saturated heterocycles. The number of nitro groups is 2. The van der Waals surface area contributed by atoms with E-state index in [0.717, 1.165) is 34.4 Å². The molecule has 3 rings (SSSR count).